The quantitative estimate of drug-likeness (QED) is 0.507. The van der Waals surface area contributed by atoms with Gasteiger partial charge in [-0.25, -0.2) is 0 Å². The van der Waals surface area contributed by atoms with E-state index in [2.05, 4.69) is 13.8 Å². The van der Waals surface area contributed by atoms with Crippen LogP contribution >= 0.6 is 11.6 Å². The summed E-state index contributed by atoms with van der Waals surface area (Å²) in [4.78, 5) is 24.4. The van der Waals surface area contributed by atoms with Crippen LogP contribution in [0.1, 0.15) is 52.9 Å². The summed E-state index contributed by atoms with van der Waals surface area (Å²) in [5.41, 5.74) is -0.897. The van der Waals surface area contributed by atoms with Crippen molar-refractivity contribution in [3.8, 4) is 0 Å². The molecule has 2 aliphatic carbocycles. The van der Waals surface area contributed by atoms with E-state index in [1.54, 1.807) is 0 Å². The van der Waals surface area contributed by atoms with Crippen molar-refractivity contribution in [1.29, 1.82) is 0 Å². The van der Waals surface area contributed by atoms with Crippen LogP contribution in [0.25, 0.3) is 0 Å². The zero-order valence-electron chi connectivity index (χ0n) is 11.8. The van der Waals surface area contributed by atoms with Gasteiger partial charge >= 0.3 is 5.97 Å². The number of ketones is 1. The zero-order valence-corrected chi connectivity index (χ0v) is 12.5. The van der Waals surface area contributed by atoms with Crippen LogP contribution in [-0.2, 0) is 14.3 Å². The van der Waals surface area contributed by atoms with Crippen LogP contribution in [0.4, 0.5) is 0 Å². The number of alkyl halides is 1. The number of fused-ring (bicyclic) bond motifs is 3. The Balaban J connectivity index is 2.13. The third-order valence-electron chi connectivity index (χ3n) is 5.98. The van der Waals surface area contributed by atoms with Crippen LogP contribution in [0, 0.1) is 16.7 Å². The van der Waals surface area contributed by atoms with E-state index in [1.165, 1.54) is 0 Å². The molecule has 0 unspecified atom stereocenters. The monoisotopic (exact) mass is 284 g/mol. The molecule has 2 saturated heterocycles. The molecule has 0 amide bonds. The molecule has 4 rings (SSSR count). The van der Waals surface area contributed by atoms with Crippen molar-refractivity contribution in [2.45, 2.75) is 63.9 Å². The highest BCUT2D eigenvalue weighted by Crippen LogP contribution is 2.64. The first-order chi connectivity index (χ1) is 8.70. The van der Waals surface area contributed by atoms with Crippen molar-refractivity contribution in [1.82, 2.24) is 0 Å². The molecular weight excluding hydrogens is 264 g/mol. The summed E-state index contributed by atoms with van der Waals surface area (Å²) < 4.78 is 5.68. The molecular formula is C15H21ClO3. The van der Waals surface area contributed by atoms with E-state index in [0.29, 0.717) is 12.8 Å². The van der Waals surface area contributed by atoms with Gasteiger partial charge in [0, 0.05) is 12.8 Å². The number of rotatable bonds is 0. The molecule has 0 aromatic heterocycles. The lowest BCUT2D eigenvalue weighted by Crippen LogP contribution is -2.54. The first kappa shape index (κ1) is 13.4. The Labute approximate surface area is 119 Å². The standard InChI is InChI=1S/C15H21ClO3/c1-13(2)7-9(17)6-10-12(18)19-14(3)4-5-15(10,13)8-11(14)16/h10-11H,4-8H2,1-3H3/t10-,11+,14-,15+/m1/s1. The molecule has 19 heavy (non-hydrogen) atoms. The zero-order chi connectivity index (χ0) is 14.1. The van der Waals surface area contributed by atoms with E-state index < -0.39 is 5.60 Å². The molecule has 3 nitrogen and oxygen atoms in total. The third-order valence-corrected chi connectivity index (χ3v) is 6.59. The summed E-state index contributed by atoms with van der Waals surface area (Å²) in [5, 5.41) is -0.150. The molecule has 4 atom stereocenters. The first-order valence-electron chi connectivity index (χ1n) is 7.09. The predicted molar refractivity (Wildman–Crippen MR) is 71.9 cm³/mol. The van der Waals surface area contributed by atoms with E-state index in [-0.39, 0.29) is 33.9 Å². The molecule has 2 heterocycles. The number of carbonyl (C=O) groups excluding carboxylic acids is 2. The minimum atomic E-state index is -0.555. The first-order valence-corrected chi connectivity index (χ1v) is 7.52. The Morgan fingerprint density at radius 2 is 1.89 bits per heavy atom. The molecule has 106 valence electrons. The van der Waals surface area contributed by atoms with E-state index in [1.807, 2.05) is 6.92 Å². The number of esters is 1. The fraction of sp³-hybridized carbons (Fsp3) is 0.867. The smallest absolute Gasteiger partial charge is 0.310 e. The normalized spacial score (nSPS) is 48.4. The Morgan fingerprint density at radius 3 is 2.53 bits per heavy atom. The van der Waals surface area contributed by atoms with Gasteiger partial charge in [-0.1, -0.05) is 13.8 Å². The minimum absolute atomic E-state index is 0.150. The molecule has 0 aromatic carbocycles. The molecule has 0 radical (unpaired) electrons. The summed E-state index contributed by atoms with van der Waals surface area (Å²) in [5.74, 6) is -0.321. The SMILES string of the molecule is CC1(C)CC(=O)C[C@@H]2C(=O)O[C@]3(C)CC[C@]21C[C@@H]3Cl. The second kappa shape index (κ2) is 3.75. The number of carbonyl (C=O) groups is 2. The summed E-state index contributed by atoms with van der Waals surface area (Å²) in [6, 6.07) is 0. The lowest BCUT2D eigenvalue weighted by Gasteiger charge is -2.55. The summed E-state index contributed by atoms with van der Waals surface area (Å²) in [6.07, 6.45) is 3.41. The molecule has 2 saturated carbocycles. The van der Waals surface area contributed by atoms with Gasteiger partial charge in [0.2, 0.25) is 0 Å². The van der Waals surface area contributed by atoms with Gasteiger partial charge in [0.05, 0.1) is 11.3 Å². The maximum absolute atomic E-state index is 12.5. The maximum Gasteiger partial charge on any atom is 0.310 e. The molecule has 0 aromatic rings. The van der Waals surface area contributed by atoms with Gasteiger partial charge in [0.25, 0.3) is 0 Å². The topological polar surface area (TPSA) is 43.4 Å². The van der Waals surface area contributed by atoms with Crippen molar-refractivity contribution in [2.75, 3.05) is 0 Å². The van der Waals surface area contributed by atoms with Gasteiger partial charge in [0.1, 0.15) is 11.4 Å². The second-order valence-electron chi connectivity index (χ2n) is 7.42. The summed E-state index contributed by atoms with van der Waals surface area (Å²) in [7, 11) is 0. The van der Waals surface area contributed by atoms with E-state index >= 15 is 0 Å². The number of Topliss-reactive ketones (excluding diaryl/α,β-unsaturated/α-hetero) is 1. The molecule has 4 heteroatoms. The lowest BCUT2D eigenvalue weighted by atomic mass is 9.47. The van der Waals surface area contributed by atoms with Crippen molar-refractivity contribution in [2.24, 2.45) is 16.7 Å². The largest absolute Gasteiger partial charge is 0.458 e. The van der Waals surface area contributed by atoms with Crippen molar-refractivity contribution in [3.63, 3.8) is 0 Å². The van der Waals surface area contributed by atoms with Crippen molar-refractivity contribution >= 4 is 23.4 Å². The Kier molecular flexibility index (Phi) is 2.65. The van der Waals surface area contributed by atoms with Gasteiger partial charge in [-0.2, -0.15) is 0 Å². The van der Waals surface area contributed by atoms with Gasteiger partial charge in [-0.3, -0.25) is 9.59 Å². The third kappa shape index (κ3) is 1.63. The van der Waals surface area contributed by atoms with Crippen LogP contribution in [0.5, 0.6) is 0 Å². The Hall–Kier alpha value is -0.570. The van der Waals surface area contributed by atoms with Gasteiger partial charge in [-0.15, -0.1) is 11.6 Å². The number of ether oxygens (including phenoxy) is 1. The van der Waals surface area contributed by atoms with E-state index in [4.69, 9.17) is 16.3 Å². The fourth-order valence-corrected chi connectivity index (χ4v) is 4.99. The number of hydrogen-bond donors (Lipinski definition) is 0. The highest BCUT2D eigenvalue weighted by atomic mass is 35.5. The molecule has 4 fully saturated rings. The highest BCUT2D eigenvalue weighted by Gasteiger charge is 2.65. The number of hydrogen-bond acceptors (Lipinski definition) is 3. The van der Waals surface area contributed by atoms with Gasteiger partial charge < -0.3 is 4.74 Å². The molecule has 0 N–H and O–H groups in total. The molecule has 2 aliphatic heterocycles. The fourth-order valence-electron chi connectivity index (χ4n) is 4.56. The Bertz CT molecular complexity index is 458. The second-order valence-corrected chi connectivity index (χ2v) is 7.94. The molecule has 1 spiro atoms. The average Bonchev–Trinajstić information content (AvgIpc) is 2.42. The van der Waals surface area contributed by atoms with Crippen molar-refractivity contribution < 1.29 is 14.3 Å². The summed E-state index contributed by atoms with van der Waals surface area (Å²) in [6.45, 7) is 6.16. The Morgan fingerprint density at radius 1 is 1.21 bits per heavy atom. The van der Waals surface area contributed by atoms with Crippen LogP contribution in [0.3, 0.4) is 0 Å². The predicted octanol–water partition coefficient (Wildman–Crippen LogP) is 3.08. The van der Waals surface area contributed by atoms with E-state index in [9.17, 15) is 9.59 Å². The van der Waals surface area contributed by atoms with Crippen LogP contribution in [-0.4, -0.2) is 22.7 Å². The van der Waals surface area contributed by atoms with Gasteiger partial charge in [-0.05, 0) is 37.0 Å². The van der Waals surface area contributed by atoms with Crippen LogP contribution in [0.15, 0.2) is 0 Å². The summed E-state index contributed by atoms with van der Waals surface area (Å²) >= 11 is 6.54. The molecule has 4 aliphatic rings. The lowest BCUT2D eigenvalue weighted by molar-refractivity contribution is -0.165. The van der Waals surface area contributed by atoms with Crippen LogP contribution in [0.2, 0.25) is 0 Å². The molecule has 2 bridgehead atoms. The van der Waals surface area contributed by atoms with Gasteiger partial charge in [0.15, 0.2) is 0 Å². The minimum Gasteiger partial charge on any atom is -0.458 e. The number of halogens is 1. The highest BCUT2D eigenvalue weighted by molar-refractivity contribution is 6.21. The maximum atomic E-state index is 12.5. The average molecular weight is 285 g/mol. The van der Waals surface area contributed by atoms with Crippen LogP contribution < -0.4 is 0 Å². The van der Waals surface area contributed by atoms with Crippen molar-refractivity contribution in [3.05, 3.63) is 0 Å². The van der Waals surface area contributed by atoms with E-state index in [0.717, 1.165) is 19.3 Å².